The van der Waals surface area contributed by atoms with Gasteiger partial charge < -0.3 is 0 Å². The van der Waals surface area contributed by atoms with Gasteiger partial charge in [0, 0.05) is 11.8 Å². The lowest BCUT2D eigenvalue weighted by atomic mass is 10.1. The second kappa shape index (κ2) is 4.12. The van der Waals surface area contributed by atoms with Crippen LogP contribution >= 0.6 is 0 Å². The van der Waals surface area contributed by atoms with Gasteiger partial charge in [-0.25, -0.2) is 14.4 Å². The van der Waals surface area contributed by atoms with Crippen molar-refractivity contribution in [3.05, 3.63) is 48.2 Å². The van der Waals surface area contributed by atoms with Crippen molar-refractivity contribution in [2.75, 3.05) is 0 Å². The van der Waals surface area contributed by atoms with Crippen LogP contribution < -0.4 is 0 Å². The van der Waals surface area contributed by atoms with E-state index in [9.17, 15) is 17.6 Å². The Morgan fingerprint density at radius 1 is 1.06 bits per heavy atom. The molecule has 0 N–H and O–H groups in total. The molecule has 0 fully saturated rings. The van der Waals surface area contributed by atoms with Gasteiger partial charge in [-0.1, -0.05) is 0 Å². The molecular weight excluding hydrogens is 236 g/mol. The first-order chi connectivity index (χ1) is 7.98. The summed E-state index contributed by atoms with van der Waals surface area (Å²) in [6.45, 7) is 0. The van der Waals surface area contributed by atoms with Gasteiger partial charge in [-0.3, -0.25) is 0 Å². The quantitative estimate of drug-likeness (QED) is 0.717. The molecular formula is C11H6F4N2. The SMILES string of the molecule is Fc1cc(C(F)(F)F)ccc1-c1ccncn1. The highest BCUT2D eigenvalue weighted by atomic mass is 19.4. The smallest absolute Gasteiger partial charge is 0.245 e. The summed E-state index contributed by atoms with van der Waals surface area (Å²) in [5.74, 6) is -0.960. The van der Waals surface area contributed by atoms with Gasteiger partial charge >= 0.3 is 6.18 Å². The van der Waals surface area contributed by atoms with Crippen LogP contribution in [0.4, 0.5) is 17.6 Å². The Hall–Kier alpha value is -1.98. The maximum absolute atomic E-state index is 13.5. The molecule has 0 amide bonds. The fraction of sp³-hybridized carbons (Fsp3) is 0.0909. The monoisotopic (exact) mass is 242 g/mol. The van der Waals surface area contributed by atoms with Crippen molar-refractivity contribution in [2.45, 2.75) is 6.18 Å². The molecule has 1 aromatic carbocycles. The average molecular weight is 242 g/mol. The van der Waals surface area contributed by atoms with Crippen LogP contribution in [-0.4, -0.2) is 9.97 Å². The number of hydrogen-bond acceptors (Lipinski definition) is 2. The van der Waals surface area contributed by atoms with Gasteiger partial charge in [-0.15, -0.1) is 0 Å². The topological polar surface area (TPSA) is 25.8 Å². The highest BCUT2D eigenvalue weighted by Gasteiger charge is 2.31. The third kappa shape index (κ3) is 2.41. The largest absolute Gasteiger partial charge is 0.416 e. The molecule has 6 heteroatoms. The summed E-state index contributed by atoms with van der Waals surface area (Å²) in [5.41, 5.74) is -0.764. The molecule has 0 bridgehead atoms. The van der Waals surface area contributed by atoms with Crippen LogP contribution in [0.2, 0.25) is 0 Å². The van der Waals surface area contributed by atoms with E-state index in [0.29, 0.717) is 6.07 Å². The summed E-state index contributed by atoms with van der Waals surface area (Å²) >= 11 is 0. The molecule has 2 nitrogen and oxygen atoms in total. The molecule has 1 heterocycles. The lowest BCUT2D eigenvalue weighted by Gasteiger charge is -2.08. The number of alkyl halides is 3. The molecule has 2 rings (SSSR count). The number of benzene rings is 1. The normalized spacial score (nSPS) is 11.5. The first-order valence-electron chi connectivity index (χ1n) is 4.61. The zero-order chi connectivity index (χ0) is 12.5. The van der Waals surface area contributed by atoms with E-state index >= 15 is 0 Å². The number of halogens is 4. The first kappa shape index (κ1) is 11.5. The second-order valence-electron chi connectivity index (χ2n) is 3.29. The summed E-state index contributed by atoms with van der Waals surface area (Å²) in [6.07, 6.45) is -1.96. The highest BCUT2D eigenvalue weighted by molar-refractivity contribution is 5.59. The van der Waals surface area contributed by atoms with E-state index in [0.717, 1.165) is 12.1 Å². The Morgan fingerprint density at radius 3 is 2.35 bits per heavy atom. The third-order valence-electron chi connectivity index (χ3n) is 2.15. The molecule has 0 aliphatic carbocycles. The molecule has 0 saturated heterocycles. The van der Waals surface area contributed by atoms with Crippen molar-refractivity contribution in [1.29, 1.82) is 0 Å². The van der Waals surface area contributed by atoms with Crippen molar-refractivity contribution in [2.24, 2.45) is 0 Å². The number of rotatable bonds is 1. The molecule has 0 unspecified atom stereocenters. The van der Waals surface area contributed by atoms with Crippen LogP contribution in [0.3, 0.4) is 0 Å². The Balaban J connectivity index is 2.46. The lowest BCUT2D eigenvalue weighted by molar-refractivity contribution is -0.137. The van der Waals surface area contributed by atoms with Gasteiger partial charge in [0.25, 0.3) is 0 Å². The van der Waals surface area contributed by atoms with Crippen molar-refractivity contribution in [3.63, 3.8) is 0 Å². The molecule has 2 aromatic rings. The predicted molar refractivity (Wildman–Crippen MR) is 52.4 cm³/mol. The molecule has 0 atom stereocenters. The molecule has 0 aliphatic rings. The minimum absolute atomic E-state index is 0.0143. The summed E-state index contributed by atoms with van der Waals surface area (Å²) in [4.78, 5) is 7.41. The zero-order valence-electron chi connectivity index (χ0n) is 8.37. The van der Waals surface area contributed by atoms with Crippen molar-refractivity contribution in [1.82, 2.24) is 9.97 Å². The maximum atomic E-state index is 13.5. The fourth-order valence-electron chi connectivity index (χ4n) is 1.35. The zero-order valence-corrected chi connectivity index (χ0v) is 8.37. The molecule has 17 heavy (non-hydrogen) atoms. The van der Waals surface area contributed by atoms with E-state index in [1.54, 1.807) is 0 Å². The summed E-state index contributed by atoms with van der Waals surface area (Å²) in [7, 11) is 0. The number of nitrogens with zero attached hydrogens (tertiary/aromatic N) is 2. The number of aromatic nitrogens is 2. The van der Waals surface area contributed by atoms with Gasteiger partial charge in [0.2, 0.25) is 0 Å². The van der Waals surface area contributed by atoms with Gasteiger partial charge in [0.15, 0.2) is 0 Å². The average Bonchev–Trinajstić information content (AvgIpc) is 2.29. The standard InChI is InChI=1S/C11H6F4N2/c12-9-5-7(11(13,14)15)1-2-8(9)10-3-4-16-6-17-10/h1-6H. The fourth-order valence-corrected chi connectivity index (χ4v) is 1.35. The van der Waals surface area contributed by atoms with Crippen LogP contribution in [-0.2, 0) is 6.18 Å². The summed E-state index contributed by atoms with van der Waals surface area (Å²) < 4.78 is 50.4. The van der Waals surface area contributed by atoms with Crippen LogP contribution in [0.15, 0.2) is 36.8 Å². The van der Waals surface area contributed by atoms with Crippen LogP contribution in [0.25, 0.3) is 11.3 Å². The van der Waals surface area contributed by atoms with Crippen LogP contribution in [0.5, 0.6) is 0 Å². The Labute approximate surface area is 94.0 Å². The van der Waals surface area contributed by atoms with Gasteiger partial charge in [0.05, 0.1) is 11.3 Å². The minimum Gasteiger partial charge on any atom is -0.245 e. The van der Waals surface area contributed by atoms with Gasteiger partial charge in [-0.2, -0.15) is 13.2 Å². The Bertz CT molecular complexity index is 523. The van der Waals surface area contributed by atoms with E-state index in [2.05, 4.69) is 9.97 Å². The highest BCUT2D eigenvalue weighted by Crippen LogP contribution is 2.32. The lowest BCUT2D eigenvalue weighted by Crippen LogP contribution is -2.05. The summed E-state index contributed by atoms with van der Waals surface area (Å²) in [5, 5.41) is 0. The minimum atomic E-state index is -4.55. The van der Waals surface area contributed by atoms with E-state index in [4.69, 9.17) is 0 Å². The van der Waals surface area contributed by atoms with E-state index in [1.807, 2.05) is 0 Å². The third-order valence-corrected chi connectivity index (χ3v) is 2.15. The molecule has 0 aliphatic heterocycles. The molecule has 1 aromatic heterocycles. The van der Waals surface area contributed by atoms with Gasteiger partial charge in [0.1, 0.15) is 12.1 Å². The van der Waals surface area contributed by atoms with Crippen LogP contribution in [0.1, 0.15) is 5.56 Å². The number of hydrogen-bond donors (Lipinski definition) is 0. The van der Waals surface area contributed by atoms with Crippen LogP contribution in [0, 0.1) is 5.82 Å². The van der Waals surface area contributed by atoms with E-state index in [-0.39, 0.29) is 11.3 Å². The predicted octanol–water partition coefficient (Wildman–Crippen LogP) is 3.30. The van der Waals surface area contributed by atoms with Crippen molar-refractivity contribution < 1.29 is 17.6 Å². The second-order valence-corrected chi connectivity index (χ2v) is 3.29. The Kier molecular flexibility index (Phi) is 2.79. The molecule has 0 radical (unpaired) electrons. The Morgan fingerprint density at radius 2 is 1.82 bits per heavy atom. The summed E-state index contributed by atoms with van der Waals surface area (Å²) in [6, 6.07) is 3.75. The van der Waals surface area contributed by atoms with E-state index < -0.39 is 17.6 Å². The van der Waals surface area contributed by atoms with E-state index in [1.165, 1.54) is 18.6 Å². The first-order valence-corrected chi connectivity index (χ1v) is 4.61. The maximum Gasteiger partial charge on any atom is 0.416 e. The van der Waals surface area contributed by atoms with Gasteiger partial charge in [-0.05, 0) is 24.3 Å². The molecule has 0 saturated carbocycles. The molecule has 88 valence electrons. The van der Waals surface area contributed by atoms with Crippen molar-refractivity contribution >= 4 is 0 Å². The molecule has 0 spiro atoms. The van der Waals surface area contributed by atoms with Crippen molar-refractivity contribution in [3.8, 4) is 11.3 Å².